The van der Waals surface area contributed by atoms with E-state index in [9.17, 15) is 13.2 Å². The molecule has 5 nitrogen and oxygen atoms in total. The fourth-order valence-corrected chi connectivity index (χ4v) is 6.07. The molecule has 0 N–H and O–H groups in total. The minimum Gasteiger partial charge on any atom is -0.338 e. The molecule has 0 aliphatic carbocycles. The Bertz CT molecular complexity index is 1040. The molecule has 0 radical (unpaired) electrons. The Morgan fingerprint density at radius 2 is 1.52 bits per heavy atom. The SMILES string of the molecule is CCN1c2ccccc2C(c2ccccc2)=C(C(=O)N2CCCCCC2)S1(=O)=O. The molecule has 2 aromatic carbocycles. The van der Waals surface area contributed by atoms with Crippen LogP contribution in [0.4, 0.5) is 5.69 Å². The zero-order valence-electron chi connectivity index (χ0n) is 16.7. The molecule has 0 atom stereocenters. The number of sulfonamides is 1. The minimum absolute atomic E-state index is 0.0915. The summed E-state index contributed by atoms with van der Waals surface area (Å²) in [6, 6.07) is 16.8. The van der Waals surface area contributed by atoms with Gasteiger partial charge in [0.05, 0.1) is 5.69 Å². The van der Waals surface area contributed by atoms with Crippen LogP contribution in [0.15, 0.2) is 59.5 Å². The van der Waals surface area contributed by atoms with E-state index in [4.69, 9.17) is 0 Å². The van der Waals surface area contributed by atoms with E-state index in [1.54, 1.807) is 11.8 Å². The van der Waals surface area contributed by atoms with Gasteiger partial charge in [-0.25, -0.2) is 8.42 Å². The van der Waals surface area contributed by atoms with E-state index in [-0.39, 0.29) is 17.4 Å². The third kappa shape index (κ3) is 3.46. The molecule has 2 heterocycles. The van der Waals surface area contributed by atoms with E-state index in [0.717, 1.165) is 36.8 Å². The van der Waals surface area contributed by atoms with Crippen LogP contribution in [0.5, 0.6) is 0 Å². The Hall–Kier alpha value is -2.60. The molecular weight excluding hydrogens is 384 g/mol. The van der Waals surface area contributed by atoms with Gasteiger partial charge in [0.2, 0.25) is 0 Å². The number of likely N-dealkylation sites (tertiary alicyclic amines) is 1. The minimum atomic E-state index is -3.96. The van der Waals surface area contributed by atoms with Crippen molar-refractivity contribution in [3.8, 4) is 0 Å². The number of rotatable bonds is 3. The third-order valence-corrected chi connectivity index (χ3v) is 7.58. The van der Waals surface area contributed by atoms with Crippen LogP contribution >= 0.6 is 0 Å². The topological polar surface area (TPSA) is 57.7 Å². The van der Waals surface area contributed by atoms with Crippen LogP contribution in [0.25, 0.3) is 5.57 Å². The van der Waals surface area contributed by atoms with E-state index in [1.807, 2.05) is 54.6 Å². The summed E-state index contributed by atoms with van der Waals surface area (Å²) in [5, 5.41) is 0. The summed E-state index contributed by atoms with van der Waals surface area (Å²) in [7, 11) is -3.96. The Morgan fingerprint density at radius 1 is 0.897 bits per heavy atom. The summed E-state index contributed by atoms with van der Waals surface area (Å²) in [6.45, 7) is 3.29. The first kappa shape index (κ1) is 19.7. The number of nitrogens with zero attached hydrogens (tertiary/aromatic N) is 2. The average Bonchev–Trinajstić information content (AvgIpc) is 3.02. The second kappa shape index (κ2) is 8.03. The van der Waals surface area contributed by atoms with Crippen LogP contribution in [-0.4, -0.2) is 38.9 Å². The van der Waals surface area contributed by atoms with Gasteiger partial charge >= 0.3 is 0 Å². The number of fused-ring (bicyclic) bond motifs is 1. The second-order valence-corrected chi connectivity index (χ2v) is 9.26. The number of benzene rings is 2. The van der Waals surface area contributed by atoms with Crippen molar-refractivity contribution in [1.29, 1.82) is 0 Å². The highest BCUT2D eigenvalue weighted by molar-refractivity contribution is 7.97. The van der Waals surface area contributed by atoms with Crippen molar-refractivity contribution in [2.24, 2.45) is 0 Å². The van der Waals surface area contributed by atoms with Gasteiger partial charge in [0.15, 0.2) is 4.91 Å². The van der Waals surface area contributed by atoms with Gasteiger partial charge in [0.1, 0.15) is 0 Å². The van der Waals surface area contributed by atoms with Gasteiger partial charge in [-0.15, -0.1) is 0 Å². The van der Waals surface area contributed by atoms with E-state index < -0.39 is 10.0 Å². The largest absolute Gasteiger partial charge is 0.338 e. The molecule has 4 rings (SSSR count). The molecule has 2 aromatic rings. The second-order valence-electron chi connectivity index (χ2n) is 7.46. The molecule has 1 fully saturated rings. The number of amides is 1. The fraction of sp³-hybridized carbons (Fsp3) is 0.348. The first-order chi connectivity index (χ1) is 14.1. The van der Waals surface area contributed by atoms with Crippen molar-refractivity contribution in [3.05, 3.63) is 70.6 Å². The highest BCUT2D eigenvalue weighted by Crippen LogP contribution is 2.43. The van der Waals surface area contributed by atoms with Crippen LogP contribution in [0.1, 0.15) is 43.7 Å². The summed E-state index contributed by atoms with van der Waals surface area (Å²) in [5.74, 6) is -0.376. The molecule has 1 saturated heterocycles. The summed E-state index contributed by atoms with van der Waals surface area (Å²) in [5.41, 5.74) is 2.67. The lowest BCUT2D eigenvalue weighted by Gasteiger charge is -2.34. The van der Waals surface area contributed by atoms with Gasteiger partial charge in [-0.2, -0.15) is 0 Å². The Kier molecular flexibility index (Phi) is 5.46. The van der Waals surface area contributed by atoms with Crippen LogP contribution in [-0.2, 0) is 14.8 Å². The number of carbonyl (C=O) groups is 1. The molecule has 1 amide bonds. The monoisotopic (exact) mass is 410 g/mol. The van der Waals surface area contributed by atoms with Crippen molar-refractivity contribution in [2.45, 2.75) is 32.6 Å². The highest BCUT2D eigenvalue weighted by Gasteiger charge is 2.42. The molecule has 0 unspecified atom stereocenters. The third-order valence-electron chi connectivity index (χ3n) is 5.65. The number of hydrogen-bond acceptors (Lipinski definition) is 3. The summed E-state index contributed by atoms with van der Waals surface area (Å²) >= 11 is 0. The molecule has 2 aliphatic rings. The first-order valence-corrected chi connectivity index (χ1v) is 11.7. The van der Waals surface area contributed by atoms with Crippen molar-refractivity contribution in [1.82, 2.24) is 4.90 Å². The van der Waals surface area contributed by atoms with E-state index >= 15 is 0 Å². The van der Waals surface area contributed by atoms with Gasteiger partial charge in [-0.05, 0) is 31.4 Å². The van der Waals surface area contributed by atoms with Crippen LogP contribution in [0.3, 0.4) is 0 Å². The Morgan fingerprint density at radius 3 is 2.17 bits per heavy atom. The van der Waals surface area contributed by atoms with Crippen LogP contribution < -0.4 is 4.31 Å². The zero-order chi connectivity index (χ0) is 20.4. The standard InChI is InChI=1S/C23H26N2O3S/c1-2-25-20-15-9-8-14-19(20)21(18-12-6-5-7-13-18)22(29(25,27)28)23(26)24-16-10-3-4-11-17-24/h5-9,12-15H,2-4,10-11,16-17H2,1H3. The van der Waals surface area contributed by atoms with Crippen molar-refractivity contribution >= 4 is 27.2 Å². The molecule has 0 bridgehead atoms. The smallest absolute Gasteiger partial charge is 0.270 e. The Balaban J connectivity index is 1.99. The van der Waals surface area contributed by atoms with Crippen LogP contribution in [0, 0.1) is 0 Å². The quantitative estimate of drug-likeness (QED) is 0.768. The molecule has 2 aliphatic heterocycles. The fourth-order valence-electron chi connectivity index (χ4n) is 4.26. The summed E-state index contributed by atoms with van der Waals surface area (Å²) < 4.78 is 28.7. The van der Waals surface area contributed by atoms with Crippen LogP contribution in [0.2, 0.25) is 0 Å². The summed E-state index contributed by atoms with van der Waals surface area (Å²) in [4.78, 5) is 15.3. The summed E-state index contributed by atoms with van der Waals surface area (Å²) in [6.07, 6.45) is 3.97. The molecule has 0 spiro atoms. The lowest BCUT2D eigenvalue weighted by atomic mass is 9.95. The maximum absolute atomic E-state index is 13.7. The zero-order valence-corrected chi connectivity index (χ0v) is 17.5. The van der Waals surface area contributed by atoms with Crippen molar-refractivity contribution < 1.29 is 13.2 Å². The molecule has 6 heteroatoms. The van der Waals surface area contributed by atoms with Crippen molar-refractivity contribution in [3.63, 3.8) is 0 Å². The lowest BCUT2D eigenvalue weighted by Crippen LogP contribution is -2.43. The van der Waals surface area contributed by atoms with Gasteiger partial charge in [0, 0.05) is 30.8 Å². The van der Waals surface area contributed by atoms with Gasteiger partial charge in [-0.3, -0.25) is 9.10 Å². The lowest BCUT2D eigenvalue weighted by molar-refractivity contribution is -0.126. The van der Waals surface area contributed by atoms with Gasteiger partial charge in [-0.1, -0.05) is 61.4 Å². The Labute approximate surface area is 172 Å². The van der Waals surface area contributed by atoms with E-state index in [0.29, 0.717) is 24.4 Å². The normalized spacial score (nSPS) is 18.9. The van der Waals surface area contributed by atoms with E-state index in [1.165, 1.54) is 4.31 Å². The maximum atomic E-state index is 13.7. The molecule has 152 valence electrons. The van der Waals surface area contributed by atoms with Crippen molar-refractivity contribution in [2.75, 3.05) is 23.9 Å². The molecule has 0 aromatic heterocycles. The number of anilines is 1. The molecule has 29 heavy (non-hydrogen) atoms. The highest BCUT2D eigenvalue weighted by atomic mass is 32.2. The van der Waals surface area contributed by atoms with E-state index in [2.05, 4.69) is 0 Å². The molecular formula is C23H26N2O3S. The number of carbonyl (C=O) groups excluding carboxylic acids is 1. The average molecular weight is 411 g/mol. The number of para-hydroxylation sites is 1. The van der Waals surface area contributed by atoms with Gasteiger partial charge < -0.3 is 4.90 Å². The predicted octanol–water partition coefficient (Wildman–Crippen LogP) is 4.02. The van der Waals surface area contributed by atoms with Gasteiger partial charge in [0.25, 0.3) is 15.9 Å². The first-order valence-electron chi connectivity index (χ1n) is 10.3. The molecule has 0 saturated carbocycles. The maximum Gasteiger partial charge on any atom is 0.270 e. The number of hydrogen-bond donors (Lipinski definition) is 0. The predicted molar refractivity (Wildman–Crippen MR) is 116 cm³/mol.